The van der Waals surface area contributed by atoms with Crippen molar-refractivity contribution in [2.45, 2.75) is 26.6 Å². The van der Waals surface area contributed by atoms with Gasteiger partial charge in [0.2, 0.25) is 10.9 Å². The molecule has 19 heteroatoms. The van der Waals surface area contributed by atoms with Crippen LogP contribution in [0.5, 0.6) is 0 Å². The summed E-state index contributed by atoms with van der Waals surface area (Å²) in [5, 5.41) is 7.14. The molecule has 0 rings (SSSR count). The molecule has 2 atom stereocenters. The highest BCUT2D eigenvalue weighted by atomic mass is 32.2. The molecule has 0 radical (unpaired) electrons. The Morgan fingerprint density at radius 3 is 1.32 bits per heavy atom. The second-order valence-corrected chi connectivity index (χ2v) is 9.90. The average molecular weight is 450 g/mol. The standard InChI is InChI=1S/C6H8F6O10S3/c7-4(8,1-13)23(16,17)2(14)5(9,10)24(18,19)3(15)6(11,12)25(20,21)22/h2-3,13-15H,1H2,(H,20,21,22). The summed E-state index contributed by atoms with van der Waals surface area (Å²) in [4.78, 5) is 0. The number of alkyl halides is 6. The summed E-state index contributed by atoms with van der Waals surface area (Å²) in [6.07, 6.45) is 0. The number of hydrogen-bond acceptors (Lipinski definition) is 9. The molecule has 0 aromatic heterocycles. The van der Waals surface area contributed by atoms with Crippen LogP contribution in [-0.4, -0.2) is 78.4 Å². The van der Waals surface area contributed by atoms with Gasteiger partial charge in [-0.2, -0.15) is 34.8 Å². The van der Waals surface area contributed by atoms with E-state index in [-0.39, 0.29) is 0 Å². The Bertz CT molecular complexity index is 815. The lowest BCUT2D eigenvalue weighted by atomic mass is 10.7. The van der Waals surface area contributed by atoms with Gasteiger partial charge in [-0.05, 0) is 0 Å². The molecule has 152 valence electrons. The molecule has 0 aliphatic heterocycles. The smallest absolute Gasteiger partial charge is 0.389 e. The molecule has 25 heavy (non-hydrogen) atoms. The van der Waals surface area contributed by atoms with Gasteiger partial charge in [-0.1, -0.05) is 0 Å². The van der Waals surface area contributed by atoms with Crippen LogP contribution in [0.15, 0.2) is 0 Å². The van der Waals surface area contributed by atoms with Crippen molar-refractivity contribution >= 4 is 29.8 Å². The van der Waals surface area contributed by atoms with Gasteiger partial charge in [-0.15, -0.1) is 0 Å². The van der Waals surface area contributed by atoms with E-state index in [1.807, 2.05) is 0 Å². The zero-order chi connectivity index (χ0) is 20.9. The third-order valence-corrected chi connectivity index (χ3v) is 7.41. The Morgan fingerprint density at radius 2 is 1.04 bits per heavy atom. The molecule has 0 aliphatic carbocycles. The summed E-state index contributed by atoms with van der Waals surface area (Å²) in [5.41, 5.74) is -10.1. The molecule has 0 saturated heterocycles. The van der Waals surface area contributed by atoms with Crippen LogP contribution in [0.3, 0.4) is 0 Å². The van der Waals surface area contributed by atoms with Crippen molar-refractivity contribution in [1.29, 1.82) is 0 Å². The van der Waals surface area contributed by atoms with Gasteiger partial charge < -0.3 is 15.3 Å². The van der Waals surface area contributed by atoms with Gasteiger partial charge >= 0.3 is 25.9 Å². The highest BCUT2D eigenvalue weighted by Crippen LogP contribution is 2.41. The molecule has 0 amide bonds. The van der Waals surface area contributed by atoms with E-state index >= 15 is 0 Å². The molecule has 0 aliphatic rings. The third kappa shape index (κ3) is 3.71. The number of rotatable bonds is 8. The fourth-order valence-corrected chi connectivity index (χ4v) is 4.62. The maximum atomic E-state index is 13.5. The van der Waals surface area contributed by atoms with E-state index in [1.54, 1.807) is 0 Å². The molecular formula is C6H8F6O10S3. The van der Waals surface area contributed by atoms with Gasteiger partial charge in [-0.25, -0.2) is 16.8 Å². The van der Waals surface area contributed by atoms with Crippen molar-refractivity contribution in [2.75, 3.05) is 6.61 Å². The summed E-state index contributed by atoms with van der Waals surface area (Å²) in [6.45, 7) is -2.73. The fourth-order valence-electron chi connectivity index (χ4n) is 1.03. The summed E-state index contributed by atoms with van der Waals surface area (Å²) < 4.78 is 152. The SMILES string of the molecule is O=S(=O)(O)C(F)(F)C(O)S(=O)(=O)C(F)(F)C(O)S(=O)(=O)C(F)(F)CO. The predicted molar refractivity (Wildman–Crippen MR) is 63.3 cm³/mol. The van der Waals surface area contributed by atoms with Crippen LogP contribution < -0.4 is 0 Å². The first kappa shape index (κ1) is 24.3. The Labute approximate surface area is 135 Å². The molecule has 0 spiro atoms. The maximum absolute atomic E-state index is 13.5. The second kappa shape index (κ2) is 6.46. The number of aliphatic hydroxyl groups excluding tert-OH is 3. The number of aliphatic hydroxyl groups is 3. The largest absolute Gasteiger partial charge is 0.409 e. The predicted octanol–water partition coefficient (Wildman–Crippen LogP) is -1.89. The Hall–Kier alpha value is -0.730. The molecular weight excluding hydrogens is 442 g/mol. The molecule has 0 aromatic carbocycles. The molecule has 0 saturated carbocycles. The Balaban J connectivity index is 6.36. The van der Waals surface area contributed by atoms with Crippen LogP contribution in [0, 0.1) is 0 Å². The lowest BCUT2D eigenvalue weighted by molar-refractivity contribution is -0.0366. The minimum Gasteiger partial charge on any atom is -0.389 e. The minimum atomic E-state index is -7.44. The lowest BCUT2D eigenvalue weighted by Gasteiger charge is -2.28. The molecule has 0 aromatic rings. The van der Waals surface area contributed by atoms with E-state index in [0.717, 1.165) is 0 Å². The van der Waals surface area contributed by atoms with E-state index in [0.29, 0.717) is 0 Å². The van der Waals surface area contributed by atoms with Crippen molar-refractivity contribution in [1.82, 2.24) is 0 Å². The zero-order valence-electron chi connectivity index (χ0n) is 11.1. The highest BCUT2D eigenvalue weighted by Gasteiger charge is 2.70. The fraction of sp³-hybridized carbons (Fsp3) is 1.00. The first-order chi connectivity index (χ1) is 10.6. The first-order valence-electron chi connectivity index (χ1n) is 5.16. The van der Waals surface area contributed by atoms with Crippen molar-refractivity contribution in [3.63, 3.8) is 0 Å². The van der Waals surface area contributed by atoms with Gasteiger partial charge in [0.25, 0.3) is 19.7 Å². The van der Waals surface area contributed by atoms with Crippen LogP contribution in [0.4, 0.5) is 26.3 Å². The van der Waals surface area contributed by atoms with Crippen molar-refractivity contribution in [3.8, 4) is 0 Å². The van der Waals surface area contributed by atoms with Crippen molar-refractivity contribution < 1.29 is 71.5 Å². The minimum absolute atomic E-state index is 2.73. The van der Waals surface area contributed by atoms with Crippen LogP contribution in [0.25, 0.3) is 0 Å². The normalized spacial score (nSPS) is 18.0. The highest BCUT2D eigenvalue weighted by molar-refractivity contribution is 7.97. The summed E-state index contributed by atoms with van der Waals surface area (Å²) in [7, 11) is -21.3. The van der Waals surface area contributed by atoms with E-state index in [2.05, 4.69) is 0 Å². The second-order valence-electron chi connectivity index (χ2n) is 4.19. The Kier molecular flexibility index (Phi) is 6.27. The van der Waals surface area contributed by atoms with Crippen molar-refractivity contribution in [2.24, 2.45) is 0 Å². The number of halogens is 6. The molecule has 0 bridgehead atoms. The average Bonchev–Trinajstić information content (AvgIpc) is 2.43. The lowest BCUT2D eigenvalue weighted by Crippen LogP contribution is -2.58. The van der Waals surface area contributed by atoms with Gasteiger partial charge in [0.05, 0.1) is 0 Å². The van der Waals surface area contributed by atoms with E-state index < -0.39 is 63.0 Å². The van der Waals surface area contributed by atoms with Crippen LogP contribution >= 0.6 is 0 Å². The van der Waals surface area contributed by atoms with E-state index in [9.17, 15) is 51.6 Å². The molecule has 2 unspecified atom stereocenters. The maximum Gasteiger partial charge on any atom is 0.409 e. The molecule has 0 heterocycles. The quantitative estimate of drug-likeness (QED) is 0.241. The zero-order valence-corrected chi connectivity index (χ0v) is 13.5. The van der Waals surface area contributed by atoms with Crippen LogP contribution in [0.1, 0.15) is 0 Å². The topological polar surface area (TPSA) is 183 Å². The summed E-state index contributed by atoms with van der Waals surface area (Å²) >= 11 is 0. The molecule has 4 N–H and O–H groups in total. The Morgan fingerprint density at radius 1 is 0.720 bits per heavy atom. The monoisotopic (exact) mass is 450 g/mol. The molecule has 0 fully saturated rings. The molecule has 10 nitrogen and oxygen atoms in total. The van der Waals surface area contributed by atoms with Gasteiger partial charge in [0, 0.05) is 0 Å². The number of hydrogen-bond donors (Lipinski definition) is 4. The van der Waals surface area contributed by atoms with Crippen molar-refractivity contribution in [3.05, 3.63) is 0 Å². The first-order valence-corrected chi connectivity index (χ1v) is 9.70. The van der Waals surface area contributed by atoms with E-state index in [1.165, 1.54) is 0 Å². The van der Waals surface area contributed by atoms with E-state index in [4.69, 9.17) is 19.9 Å². The number of sulfone groups is 2. The summed E-state index contributed by atoms with van der Waals surface area (Å²) in [6, 6.07) is 0. The van der Waals surface area contributed by atoms with Gasteiger partial charge in [0.1, 0.15) is 6.61 Å². The van der Waals surface area contributed by atoms with Crippen LogP contribution in [0.2, 0.25) is 0 Å². The third-order valence-electron chi connectivity index (χ3n) is 2.49. The van der Waals surface area contributed by atoms with Crippen LogP contribution in [-0.2, 0) is 29.8 Å². The van der Waals surface area contributed by atoms with Gasteiger partial charge in [-0.3, -0.25) is 4.55 Å². The summed E-state index contributed by atoms with van der Waals surface area (Å²) in [5.74, 6) is 0. The van der Waals surface area contributed by atoms with Gasteiger partial charge in [0.15, 0.2) is 0 Å².